The molecule has 0 unspecified atom stereocenters. The fraction of sp³-hybridized carbons (Fsp3) is 0.727. The quantitative estimate of drug-likeness (QED) is 0.842. The fourth-order valence-electron chi connectivity index (χ4n) is 2.06. The normalized spacial score (nSPS) is 16.1. The fourth-order valence-corrected chi connectivity index (χ4v) is 2.79. The van der Waals surface area contributed by atoms with Gasteiger partial charge < -0.3 is 10.6 Å². The first kappa shape index (κ1) is 12.3. The largest absolute Gasteiger partial charge is 0.360 e. The molecule has 1 aliphatic rings. The van der Waals surface area contributed by atoms with Crippen molar-refractivity contribution in [3.63, 3.8) is 0 Å². The molecule has 2 N–H and O–H groups in total. The summed E-state index contributed by atoms with van der Waals surface area (Å²) < 4.78 is 0. The average Bonchev–Trinajstić information content (AvgIpc) is 2.97. The number of nitrogens with zero attached hydrogens (tertiary/aromatic N) is 2. The van der Waals surface area contributed by atoms with Gasteiger partial charge in [-0.25, -0.2) is 0 Å². The first-order valence-electron chi connectivity index (χ1n) is 6.15. The Morgan fingerprint density at radius 2 is 2.18 bits per heavy atom. The minimum atomic E-state index is -0.0986. The summed E-state index contributed by atoms with van der Waals surface area (Å²) in [6.45, 7) is 3.55. The van der Waals surface area contributed by atoms with E-state index in [-0.39, 0.29) is 5.91 Å². The highest BCUT2D eigenvalue weighted by atomic mass is 32.1. The predicted octanol–water partition coefficient (Wildman–Crippen LogP) is 1.89. The van der Waals surface area contributed by atoms with Crippen LogP contribution in [0.5, 0.6) is 0 Å². The Morgan fingerprint density at radius 3 is 2.88 bits per heavy atom. The first-order valence-corrected chi connectivity index (χ1v) is 6.97. The maximum Gasteiger partial charge on any atom is 0.282 e. The molecule has 0 aliphatic heterocycles. The van der Waals surface area contributed by atoms with E-state index in [1.54, 1.807) is 0 Å². The van der Waals surface area contributed by atoms with Gasteiger partial charge in [0.1, 0.15) is 0 Å². The van der Waals surface area contributed by atoms with Crippen LogP contribution >= 0.6 is 11.3 Å². The van der Waals surface area contributed by atoms with Crippen molar-refractivity contribution in [2.24, 2.45) is 5.92 Å². The summed E-state index contributed by atoms with van der Waals surface area (Å²) >= 11 is 1.30. The first-order chi connectivity index (χ1) is 8.29. The van der Waals surface area contributed by atoms with Gasteiger partial charge in [-0.05, 0) is 25.7 Å². The van der Waals surface area contributed by atoms with Crippen LogP contribution < -0.4 is 10.6 Å². The second-order valence-electron chi connectivity index (χ2n) is 4.30. The zero-order valence-corrected chi connectivity index (χ0v) is 10.8. The van der Waals surface area contributed by atoms with Gasteiger partial charge in [-0.2, -0.15) is 0 Å². The highest BCUT2D eigenvalue weighted by molar-refractivity contribution is 7.17. The Kier molecular flexibility index (Phi) is 4.30. The predicted molar refractivity (Wildman–Crippen MR) is 68.4 cm³/mol. The molecule has 17 heavy (non-hydrogen) atoms. The van der Waals surface area contributed by atoms with Crippen LogP contribution in [0.3, 0.4) is 0 Å². The number of hydrogen-bond donors (Lipinski definition) is 2. The van der Waals surface area contributed by atoms with Crippen molar-refractivity contribution in [1.29, 1.82) is 0 Å². The molecule has 1 heterocycles. The van der Waals surface area contributed by atoms with Crippen LogP contribution in [0.2, 0.25) is 0 Å². The molecular weight excluding hydrogens is 236 g/mol. The van der Waals surface area contributed by atoms with Gasteiger partial charge in [0.25, 0.3) is 5.91 Å². The van der Waals surface area contributed by atoms with Gasteiger partial charge in [0.15, 0.2) is 0 Å². The number of carbonyl (C=O) groups is 1. The molecule has 5 nitrogen and oxygen atoms in total. The van der Waals surface area contributed by atoms with Crippen molar-refractivity contribution < 1.29 is 4.79 Å². The Morgan fingerprint density at radius 1 is 1.41 bits per heavy atom. The van der Waals surface area contributed by atoms with Gasteiger partial charge >= 0.3 is 0 Å². The Balaban J connectivity index is 1.81. The second-order valence-corrected chi connectivity index (χ2v) is 5.28. The molecule has 94 valence electrons. The van der Waals surface area contributed by atoms with E-state index in [0.29, 0.717) is 16.1 Å². The van der Waals surface area contributed by atoms with E-state index in [0.717, 1.165) is 13.1 Å². The van der Waals surface area contributed by atoms with Crippen molar-refractivity contribution in [2.45, 2.75) is 32.6 Å². The smallest absolute Gasteiger partial charge is 0.282 e. The molecule has 1 fully saturated rings. The number of carbonyl (C=O) groups excluding carboxylic acids is 1. The molecule has 1 aliphatic carbocycles. The Bertz CT molecular complexity index is 373. The Hall–Kier alpha value is -1.17. The third kappa shape index (κ3) is 3.39. The molecule has 0 bridgehead atoms. The van der Waals surface area contributed by atoms with Crippen molar-refractivity contribution in [2.75, 3.05) is 18.4 Å². The van der Waals surface area contributed by atoms with Crippen molar-refractivity contribution in [3.05, 3.63) is 5.01 Å². The van der Waals surface area contributed by atoms with E-state index in [4.69, 9.17) is 0 Å². The van der Waals surface area contributed by atoms with E-state index in [2.05, 4.69) is 20.8 Å². The molecule has 1 aromatic heterocycles. The standard InChI is InChI=1S/C11H18N4OS/c1-2-12-11-15-14-10(17-11)9(16)13-7-8-5-3-4-6-8/h8H,2-7H2,1H3,(H,12,15)(H,13,16). The molecule has 2 rings (SSSR count). The molecule has 1 aromatic rings. The maximum atomic E-state index is 11.8. The SMILES string of the molecule is CCNc1nnc(C(=O)NCC2CCCC2)s1. The highest BCUT2D eigenvalue weighted by Crippen LogP contribution is 2.24. The zero-order chi connectivity index (χ0) is 12.1. The van der Waals surface area contributed by atoms with Crippen molar-refractivity contribution in [3.8, 4) is 0 Å². The van der Waals surface area contributed by atoms with E-state index in [9.17, 15) is 4.79 Å². The van der Waals surface area contributed by atoms with E-state index in [1.165, 1.54) is 37.0 Å². The van der Waals surface area contributed by atoms with Crippen LogP contribution in [-0.2, 0) is 0 Å². The lowest BCUT2D eigenvalue weighted by atomic mass is 10.1. The van der Waals surface area contributed by atoms with Gasteiger partial charge in [0.05, 0.1) is 0 Å². The summed E-state index contributed by atoms with van der Waals surface area (Å²) in [7, 11) is 0. The number of amides is 1. The lowest BCUT2D eigenvalue weighted by Gasteiger charge is -2.08. The summed E-state index contributed by atoms with van der Waals surface area (Å²) in [5, 5.41) is 14.9. The van der Waals surface area contributed by atoms with Crippen LogP contribution in [0, 0.1) is 5.92 Å². The lowest BCUT2D eigenvalue weighted by molar-refractivity contribution is 0.0946. The van der Waals surface area contributed by atoms with Gasteiger partial charge in [-0.1, -0.05) is 24.2 Å². The van der Waals surface area contributed by atoms with Crippen LogP contribution in [0.4, 0.5) is 5.13 Å². The van der Waals surface area contributed by atoms with Gasteiger partial charge in [-0.15, -0.1) is 10.2 Å². The highest BCUT2D eigenvalue weighted by Gasteiger charge is 2.17. The summed E-state index contributed by atoms with van der Waals surface area (Å²) in [5.41, 5.74) is 0. The molecule has 0 aromatic carbocycles. The number of hydrogen-bond acceptors (Lipinski definition) is 5. The number of anilines is 1. The van der Waals surface area contributed by atoms with Crippen LogP contribution in [0.1, 0.15) is 42.4 Å². The molecule has 0 atom stereocenters. The number of rotatable bonds is 5. The van der Waals surface area contributed by atoms with Gasteiger partial charge in [0, 0.05) is 13.1 Å². The number of aromatic nitrogens is 2. The summed E-state index contributed by atoms with van der Waals surface area (Å²) in [6, 6.07) is 0. The van der Waals surface area contributed by atoms with Gasteiger partial charge in [-0.3, -0.25) is 4.79 Å². The summed E-state index contributed by atoms with van der Waals surface area (Å²) in [6.07, 6.45) is 5.06. The molecule has 1 amide bonds. The zero-order valence-electron chi connectivity index (χ0n) is 10.0. The maximum absolute atomic E-state index is 11.8. The third-order valence-electron chi connectivity index (χ3n) is 2.97. The second kappa shape index (κ2) is 5.95. The summed E-state index contributed by atoms with van der Waals surface area (Å²) in [4.78, 5) is 11.8. The van der Waals surface area contributed by atoms with E-state index in [1.807, 2.05) is 6.92 Å². The summed E-state index contributed by atoms with van der Waals surface area (Å²) in [5.74, 6) is 0.554. The van der Waals surface area contributed by atoms with Crippen molar-refractivity contribution >= 4 is 22.4 Å². The van der Waals surface area contributed by atoms with E-state index >= 15 is 0 Å². The molecule has 1 saturated carbocycles. The molecule has 0 spiro atoms. The minimum absolute atomic E-state index is 0.0986. The number of nitrogens with one attached hydrogen (secondary N) is 2. The Labute approximate surface area is 105 Å². The molecule has 0 radical (unpaired) electrons. The molecule has 0 saturated heterocycles. The van der Waals surface area contributed by atoms with Crippen LogP contribution in [-0.4, -0.2) is 29.2 Å². The average molecular weight is 254 g/mol. The van der Waals surface area contributed by atoms with Crippen LogP contribution in [0.25, 0.3) is 0 Å². The van der Waals surface area contributed by atoms with Crippen LogP contribution in [0.15, 0.2) is 0 Å². The van der Waals surface area contributed by atoms with Crippen molar-refractivity contribution in [1.82, 2.24) is 15.5 Å². The lowest BCUT2D eigenvalue weighted by Crippen LogP contribution is -2.28. The molecule has 6 heteroatoms. The monoisotopic (exact) mass is 254 g/mol. The third-order valence-corrected chi connectivity index (χ3v) is 3.85. The van der Waals surface area contributed by atoms with Gasteiger partial charge in [0.2, 0.25) is 10.1 Å². The topological polar surface area (TPSA) is 66.9 Å². The minimum Gasteiger partial charge on any atom is -0.360 e. The molecular formula is C11H18N4OS. The van der Waals surface area contributed by atoms with E-state index < -0.39 is 0 Å².